The largest absolute Gasteiger partial charge is 0.149 e. The fourth-order valence-electron chi connectivity index (χ4n) is 1.58. The molecule has 0 atom stereocenters. The van der Waals surface area contributed by atoms with Gasteiger partial charge in [0.25, 0.3) is 0 Å². The summed E-state index contributed by atoms with van der Waals surface area (Å²) in [5, 5.41) is 0. The Morgan fingerprint density at radius 2 is 1.57 bits per heavy atom. The number of benzene rings is 1. The molecule has 14 heavy (non-hydrogen) atoms. The van der Waals surface area contributed by atoms with Crippen molar-refractivity contribution in [3.05, 3.63) is 41.5 Å². The van der Waals surface area contributed by atoms with Crippen molar-refractivity contribution in [1.82, 2.24) is 0 Å². The lowest BCUT2D eigenvalue weighted by molar-refractivity contribution is 0.670. The van der Waals surface area contributed by atoms with E-state index in [1.165, 1.54) is 0 Å². The Morgan fingerprint density at radius 3 is 2.00 bits per heavy atom. The molecule has 0 spiro atoms. The quantitative estimate of drug-likeness (QED) is 0.628. The molecule has 1 aliphatic rings. The van der Waals surface area contributed by atoms with Crippen molar-refractivity contribution >= 4 is 29.3 Å². The summed E-state index contributed by atoms with van der Waals surface area (Å²) >= 11 is 12.3. The molecule has 0 amide bonds. The summed E-state index contributed by atoms with van der Waals surface area (Å²) in [4.78, 5) is 0. The molecule has 1 aromatic rings. The van der Waals surface area contributed by atoms with Crippen LogP contribution in [0.1, 0.15) is 19.4 Å². The van der Waals surface area contributed by atoms with Gasteiger partial charge in [0.2, 0.25) is 0 Å². The zero-order chi connectivity index (χ0) is 10.4. The first-order chi connectivity index (χ1) is 6.46. The van der Waals surface area contributed by atoms with Gasteiger partial charge in [0.15, 0.2) is 0 Å². The Kier molecular flexibility index (Phi) is 2.17. The number of halogens is 2. The van der Waals surface area contributed by atoms with Crippen LogP contribution in [0.2, 0.25) is 0 Å². The molecule has 0 aliphatic heterocycles. The van der Waals surface area contributed by atoms with Crippen molar-refractivity contribution in [3.8, 4) is 0 Å². The molecular formula is C12H12Cl2. The molecule has 0 N–H and O–H groups in total. The highest BCUT2D eigenvalue weighted by Crippen LogP contribution is 2.68. The van der Waals surface area contributed by atoms with E-state index in [1.807, 2.05) is 30.3 Å². The lowest BCUT2D eigenvalue weighted by Crippen LogP contribution is -1.96. The average Bonchev–Trinajstić information content (AvgIpc) is 2.50. The Hall–Kier alpha value is -0.460. The number of hydrogen-bond acceptors (Lipinski definition) is 0. The van der Waals surface area contributed by atoms with Gasteiger partial charge in [0, 0.05) is 5.41 Å². The molecule has 1 saturated carbocycles. The van der Waals surface area contributed by atoms with Crippen molar-refractivity contribution in [2.45, 2.75) is 18.2 Å². The highest BCUT2D eigenvalue weighted by Gasteiger charge is 2.65. The Balaban J connectivity index is 2.32. The fraction of sp³-hybridized carbons (Fsp3) is 0.333. The lowest BCUT2D eigenvalue weighted by Gasteiger charge is -1.97. The minimum atomic E-state index is -0.678. The van der Waals surface area contributed by atoms with E-state index in [9.17, 15) is 0 Å². The molecular weight excluding hydrogens is 215 g/mol. The van der Waals surface area contributed by atoms with E-state index >= 15 is 0 Å². The summed E-state index contributed by atoms with van der Waals surface area (Å²) in [7, 11) is 0. The smallest absolute Gasteiger partial charge is 0.0957 e. The van der Waals surface area contributed by atoms with Gasteiger partial charge in [-0.1, -0.05) is 73.5 Å². The van der Waals surface area contributed by atoms with E-state index in [2.05, 4.69) is 19.9 Å². The van der Waals surface area contributed by atoms with Gasteiger partial charge in [-0.15, -0.1) is 0 Å². The van der Waals surface area contributed by atoms with Gasteiger partial charge < -0.3 is 0 Å². The van der Waals surface area contributed by atoms with Crippen molar-refractivity contribution in [3.63, 3.8) is 0 Å². The summed E-state index contributed by atoms with van der Waals surface area (Å²) in [6.07, 6.45) is 2.07. The van der Waals surface area contributed by atoms with Gasteiger partial charge in [0.1, 0.15) is 4.33 Å². The molecule has 2 rings (SSSR count). The third-order valence-electron chi connectivity index (χ3n) is 2.84. The third kappa shape index (κ3) is 1.37. The number of rotatable bonds is 1. The van der Waals surface area contributed by atoms with Crippen LogP contribution in [0.25, 0.3) is 6.08 Å². The molecule has 0 nitrogen and oxygen atoms in total. The SMILES string of the molecule is CC1(C)/C(=C\c2ccccc2)C1(Cl)Cl. The predicted molar refractivity (Wildman–Crippen MR) is 62.6 cm³/mol. The van der Waals surface area contributed by atoms with Crippen LogP contribution in [0.4, 0.5) is 0 Å². The second-order valence-corrected chi connectivity index (χ2v) is 5.50. The summed E-state index contributed by atoms with van der Waals surface area (Å²) in [6.45, 7) is 4.11. The van der Waals surface area contributed by atoms with Crippen LogP contribution in [-0.2, 0) is 0 Å². The fourth-order valence-corrected chi connectivity index (χ4v) is 2.27. The van der Waals surface area contributed by atoms with E-state index in [4.69, 9.17) is 23.2 Å². The van der Waals surface area contributed by atoms with E-state index in [-0.39, 0.29) is 5.41 Å². The molecule has 2 heteroatoms. The second kappa shape index (κ2) is 3.01. The molecule has 0 heterocycles. The van der Waals surface area contributed by atoms with Crippen LogP contribution in [0.3, 0.4) is 0 Å². The van der Waals surface area contributed by atoms with Gasteiger partial charge in [0.05, 0.1) is 0 Å². The summed E-state index contributed by atoms with van der Waals surface area (Å²) in [5.74, 6) is 0. The number of alkyl halides is 2. The highest BCUT2D eigenvalue weighted by atomic mass is 35.5. The molecule has 74 valence electrons. The lowest BCUT2D eigenvalue weighted by atomic mass is 10.1. The van der Waals surface area contributed by atoms with E-state index in [0.717, 1.165) is 11.1 Å². The van der Waals surface area contributed by atoms with Gasteiger partial charge in [-0.25, -0.2) is 0 Å². The molecule has 0 aromatic heterocycles. The van der Waals surface area contributed by atoms with E-state index in [0.29, 0.717) is 0 Å². The summed E-state index contributed by atoms with van der Waals surface area (Å²) in [5.41, 5.74) is 2.16. The van der Waals surface area contributed by atoms with Crippen LogP contribution >= 0.6 is 23.2 Å². The Labute approximate surface area is 94.5 Å². The summed E-state index contributed by atoms with van der Waals surface area (Å²) in [6, 6.07) is 10.1. The second-order valence-electron chi connectivity index (χ2n) is 4.17. The first-order valence-corrected chi connectivity index (χ1v) is 5.37. The highest BCUT2D eigenvalue weighted by molar-refractivity contribution is 6.55. The molecule has 1 aromatic carbocycles. The van der Waals surface area contributed by atoms with Crippen molar-refractivity contribution < 1.29 is 0 Å². The molecule has 1 fully saturated rings. The van der Waals surface area contributed by atoms with Crippen molar-refractivity contribution in [1.29, 1.82) is 0 Å². The normalized spacial score (nSPS) is 25.0. The topological polar surface area (TPSA) is 0 Å². The van der Waals surface area contributed by atoms with Gasteiger partial charge >= 0.3 is 0 Å². The van der Waals surface area contributed by atoms with Gasteiger partial charge in [-0.3, -0.25) is 0 Å². The standard InChI is InChI=1S/C12H12Cl2/c1-11(2)10(12(11,13)14)8-9-6-4-3-5-7-9/h3-8H,1-2H3/b10-8+. The molecule has 1 aliphatic carbocycles. The van der Waals surface area contributed by atoms with Gasteiger partial charge in [-0.05, 0) is 11.1 Å². The zero-order valence-electron chi connectivity index (χ0n) is 8.22. The predicted octanol–water partition coefficient (Wildman–Crippen LogP) is 4.28. The number of hydrogen-bond donors (Lipinski definition) is 0. The van der Waals surface area contributed by atoms with Crippen molar-refractivity contribution in [2.75, 3.05) is 0 Å². The molecule has 0 unspecified atom stereocenters. The molecule has 0 saturated heterocycles. The molecule has 0 bridgehead atoms. The summed E-state index contributed by atoms with van der Waals surface area (Å²) < 4.78 is -0.678. The zero-order valence-corrected chi connectivity index (χ0v) is 9.73. The van der Waals surface area contributed by atoms with E-state index < -0.39 is 4.33 Å². The maximum atomic E-state index is 6.15. The molecule has 0 radical (unpaired) electrons. The first kappa shape index (κ1) is 10.1. The first-order valence-electron chi connectivity index (χ1n) is 4.62. The Bertz CT molecular complexity index is 359. The average molecular weight is 227 g/mol. The minimum absolute atomic E-state index is 0.0913. The van der Waals surface area contributed by atoms with Crippen LogP contribution in [0.15, 0.2) is 35.9 Å². The van der Waals surface area contributed by atoms with Crippen molar-refractivity contribution in [2.24, 2.45) is 5.41 Å². The monoisotopic (exact) mass is 226 g/mol. The van der Waals surface area contributed by atoms with Crippen LogP contribution < -0.4 is 0 Å². The van der Waals surface area contributed by atoms with Gasteiger partial charge in [-0.2, -0.15) is 0 Å². The van der Waals surface area contributed by atoms with Crippen LogP contribution in [0, 0.1) is 5.41 Å². The Morgan fingerprint density at radius 1 is 1.07 bits per heavy atom. The minimum Gasteiger partial charge on any atom is -0.0957 e. The third-order valence-corrected chi connectivity index (χ3v) is 4.20. The maximum Gasteiger partial charge on any atom is 0.149 e. The number of allylic oxidation sites excluding steroid dienone is 1. The van der Waals surface area contributed by atoms with Crippen LogP contribution in [0.5, 0.6) is 0 Å². The van der Waals surface area contributed by atoms with Crippen LogP contribution in [-0.4, -0.2) is 4.33 Å². The maximum absolute atomic E-state index is 6.15. The van der Waals surface area contributed by atoms with E-state index in [1.54, 1.807) is 0 Å².